The highest BCUT2D eigenvalue weighted by Gasteiger charge is 2.45. The predicted octanol–water partition coefficient (Wildman–Crippen LogP) is 4.12. The molecule has 188 valence electrons. The van der Waals surface area contributed by atoms with E-state index < -0.39 is 41.7 Å². The maximum absolute atomic E-state index is 13.0. The summed E-state index contributed by atoms with van der Waals surface area (Å²) < 4.78 is 78.1. The van der Waals surface area contributed by atoms with Crippen LogP contribution in [0.1, 0.15) is 45.4 Å². The van der Waals surface area contributed by atoms with Gasteiger partial charge in [0.15, 0.2) is 0 Å². The van der Waals surface area contributed by atoms with Gasteiger partial charge >= 0.3 is 12.4 Å². The van der Waals surface area contributed by atoms with Crippen molar-refractivity contribution in [3.05, 3.63) is 23.3 Å². The molecule has 33 heavy (non-hydrogen) atoms. The van der Waals surface area contributed by atoms with Crippen LogP contribution < -0.4 is 10.6 Å². The average molecular weight is 483 g/mol. The van der Waals surface area contributed by atoms with E-state index in [0.717, 1.165) is 25.8 Å². The summed E-state index contributed by atoms with van der Waals surface area (Å²) in [7, 11) is 0. The summed E-state index contributed by atoms with van der Waals surface area (Å²) in [5.41, 5.74) is -2.00. The molecule has 0 aromatic rings. The molecule has 2 N–H and O–H groups in total. The van der Waals surface area contributed by atoms with Crippen molar-refractivity contribution < 1.29 is 35.9 Å². The van der Waals surface area contributed by atoms with Crippen LogP contribution in [0.25, 0.3) is 0 Å². The molecule has 2 amide bonds. The van der Waals surface area contributed by atoms with Crippen molar-refractivity contribution >= 4 is 11.8 Å². The van der Waals surface area contributed by atoms with Gasteiger partial charge in [-0.25, -0.2) is 0 Å². The maximum Gasteiger partial charge on any atom is 0.416 e. The minimum atomic E-state index is -4.97. The minimum Gasteiger partial charge on any atom is -0.352 e. The van der Waals surface area contributed by atoms with Crippen molar-refractivity contribution in [3.63, 3.8) is 0 Å². The van der Waals surface area contributed by atoms with E-state index >= 15 is 0 Å². The van der Waals surface area contributed by atoms with Crippen molar-refractivity contribution in [1.29, 1.82) is 0 Å². The Bertz CT molecular complexity index is 737. The van der Waals surface area contributed by atoms with Gasteiger partial charge in [-0.05, 0) is 44.2 Å². The van der Waals surface area contributed by atoms with E-state index in [1.54, 1.807) is 4.90 Å². The number of nitrogens with one attached hydrogen (secondary N) is 2. The summed E-state index contributed by atoms with van der Waals surface area (Å²) in [6.45, 7) is 4.26. The molecule has 11 heteroatoms. The molecule has 0 saturated carbocycles. The van der Waals surface area contributed by atoms with Gasteiger partial charge in [0.1, 0.15) is 0 Å². The molecule has 1 atom stereocenters. The van der Waals surface area contributed by atoms with Crippen LogP contribution in [-0.2, 0) is 9.59 Å². The highest BCUT2D eigenvalue weighted by Crippen LogP contribution is 2.40. The Morgan fingerprint density at radius 1 is 1.09 bits per heavy atom. The fourth-order valence-electron chi connectivity index (χ4n) is 3.90. The number of carbonyl (C=O) groups is 2. The molecule has 1 aliphatic carbocycles. The number of piperidine rings is 1. The smallest absolute Gasteiger partial charge is 0.352 e. The summed E-state index contributed by atoms with van der Waals surface area (Å²) in [5, 5.41) is 5.59. The van der Waals surface area contributed by atoms with Crippen molar-refractivity contribution in [2.24, 2.45) is 11.8 Å². The topological polar surface area (TPSA) is 61.4 Å². The molecule has 1 heterocycles. The molecule has 0 aromatic heterocycles. The first-order valence-corrected chi connectivity index (χ1v) is 11.2. The normalized spacial score (nSPS) is 20.3. The Hall–Kier alpha value is -2.04. The number of hydrogen-bond donors (Lipinski definition) is 2. The van der Waals surface area contributed by atoms with E-state index in [-0.39, 0.29) is 31.0 Å². The maximum atomic E-state index is 13.0. The summed E-state index contributed by atoms with van der Waals surface area (Å²) in [5.74, 6) is -3.29. The van der Waals surface area contributed by atoms with Crippen LogP contribution in [0, 0.1) is 11.8 Å². The summed E-state index contributed by atoms with van der Waals surface area (Å²) in [4.78, 5) is 26.3. The number of rotatable bonds is 9. The molecular weight excluding hydrogens is 452 g/mol. The van der Waals surface area contributed by atoms with Gasteiger partial charge in [0.25, 0.3) is 0 Å². The van der Waals surface area contributed by atoms with Crippen LogP contribution in [0.3, 0.4) is 0 Å². The molecule has 2 aliphatic rings. The van der Waals surface area contributed by atoms with Crippen LogP contribution >= 0.6 is 0 Å². The third-order valence-corrected chi connectivity index (χ3v) is 5.94. The van der Waals surface area contributed by atoms with Gasteiger partial charge in [0.2, 0.25) is 11.8 Å². The standard InChI is InChI=1S/C22H31F6N3O2/c1-2-3-4-7-29-14-19(32)31-8-5-15(6-9-31)13-30-20(33)16-10-17(21(23,24)25)12-18(11-16)22(26,27)28/h10,12,15,18,29H,2-9,11,13-14H2,1H3,(H,30,33). The second-order valence-corrected chi connectivity index (χ2v) is 8.56. The Morgan fingerprint density at radius 3 is 2.33 bits per heavy atom. The van der Waals surface area contributed by atoms with Crippen molar-refractivity contribution in [2.75, 3.05) is 32.7 Å². The second kappa shape index (κ2) is 11.9. The first-order chi connectivity index (χ1) is 15.4. The molecule has 5 nitrogen and oxygen atoms in total. The zero-order chi connectivity index (χ0) is 24.6. The average Bonchev–Trinajstić information content (AvgIpc) is 2.76. The minimum absolute atomic E-state index is 0.00394. The zero-order valence-corrected chi connectivity index (χ0v) is 18.6. The highest BCUT2D eigenvalue weighted by atomic mass is 19.4. The third kappa shape index (κ3) is 8.68. The Balaban J connectivity index is 1.81. The lowest BCUT2D eigenvalue weighted by atomic mass is 9.88. The Labute approximate surface area is 189 Å². The fourth-order valence-corrected chi connectivity index (χ4v) is 3.90. The largest absolute Gasteiger partial charge is 0.416 e. The van der Waals surface area contributed by atoms with E-state index in [0.29, 0.717) is 32.0 Å². The van der Waals surface area contributed by atoms with Crippen molar-refractivity contribution in [2.45, 2.75) is 57.8 Å². The lowest BCUT2D eigenvalue weighted by Gasteiger charge is -2.32. The number of unbranched alkanes of at least 4 members (excludes halogenated alkanes) is 2. The van der Waals surface area contributed by atoms with Crippen LogP contribution in [-0.4, -0.2) is 61.8 Å². The summed E-state index contributed by atoms with van der Waals surface area (Å²) in [6, 6.07) is 0. The van der Waals surface area contributed by atoms with Crippen molar-refractivity contribution in [3.8, 4) is 0 Å². The number of allylic oxidation sites excluding steroid dienone is 3. The fraction of sp³-hybridized carbons (Fsp3) is 0.727. The molecule has 0 spiro atoms. The Kier molecular flexibility index (Phi) is 9.81. The molecule has 0 bridgehead atoms. The number of halogens is 6. The molecule has 1 saturated heterocycles. The highest BCUT2D eigenvalue weighted by molar-refractivity contribution is 5.94. The molecule has 0 radical (unpaired) electrons. The van der Waals surface area contributed by atoms with Crippen LogP contribution in [0.4, 0.5) is 26.3 Å². The molecule has 1 fully saturated rings. The third-order valence-electron chi connectivity index (χ3n) is 5.94. The van der Waals surface area contributed by atoms with Crippen LogP contribution in [0.2, 0.25) is 0 Å². The molecular formula is C22H31F6N3O2. The van der Waals surface area contributed by atoms with Gasteiger partial charge in [-0.15, -0.1) is 0 Å². The summed E-state index contributed by atoms with van der Waals surface area (Å²) in [6.07, 6.45) is -5.66. The lowest BCUT2D eigenvalue weighted by Crippen LogP contribution is -2.45. The molecule has 1 aliphatic heterocycles. The van der Waals surface area contributed by atoms with E-state index in [1.165, 1.54) is 0 Å². The number of carbonyl (C=O) groups excluding carboxylic acids is 2. The first-order valence-electron chi connectivity index (χ1n) is 11.2. The predicted molar refractivity (Wildman–Crippen MR) is 111 cm³/mol. The molecule has 0 aromatic carbocycles. The molecule has 2 rings (SSSR count). The zero-order valence-electron chi connectivity index (χ0n) is 18.6. The van der Waals surface area contributed by atoms with Crippen LogP contribution in [0.15, 0.2) is 23.3 Å². The number of nitrogens with zero attached hydrogens (tertiary/aromatic N) is 1. The van der Waals surface area contributed by atoms with Gasteiger partial charge in [0, 0.05) is 25.2 Å². The SMILES string of the molecule is CCCCCNCC(=O)N1CCC(CNC(=O)C2=CC(C(F)(F)F)=CC(C(F)(F)F)C2)CC1. The van der Waals surface area contributed by atoms with Gasteiger partial charge in [0.05, 0.1) is 18.0 Å². The van der Waals surface area contributed by atoms with Crippen molar-refractivity contribution in [1.82, 2.24) is 15.5 Å². The number of amides is 2. The second-order valence-electron chi connectivity index (χ2n) is 8.56. The number of hydrogen-bond acceptors (Lipinski definition) is 3. The number of alkyl halides is 6. The van der Waals surface area contributed by atoms with Gasteiger partial charge in [-0.3, -0.25) is 9.59 Å². The van der Waals surface area contributed by atoms with Gasteiger partial charge in [-0.2, -0.15) is 26.3 Å². The number of likely N-dealkylation sites (tertiary alicyclic amines) is 1. The first kappa shape index (κ1) is 27.2. The monoisotopic (exact) mass is 483 g/mol. The summed E-state index contributed by atoms with van der Waals surface area (Å²) >= 11 is 0. The van der Waals surface area contributed by atoms with Gasteiger partial charge < -0.3 is 15.5 Å². The molecule has 1 unspecified atom stereocenters. The quantitative estimate of drug-likeness (QED) is 0.383. The van der Waals surface area contributed by atoms with Crippen LogP contribution in [0.5, 0.6) is 0 Å². The van der Waals surface area contributed by atoms with E-state index in [9.17, 15) is 35.9 Å². The van der Waals surface area contributed by atoms with E-state index in [2.05, 4.69) is 17.6 Å². The van der Waals surface area contributed by atoms with E-state index in [4.69, 9.17) is 0 Å². The van der Waals surface area contributed by atoms with Gasteiger partial charge in [-0.1, -0.05) is 25.8 Å². The van der Waals surface area contributed by atoms with E-state index in [1.807, 2.05) is 0 Å². The lowest BCUT2D eigenvalue weighted by molar-refractivity contribution is -0.162. The Morgan fingerprint density at radius 2 is 1.76 bits per heavy atom.